The summed E-state index contributed by atoms with van der Waals surface area (Å²) in [6.07, 6.45) is -0.229. The first-order chi connectivity index (χ1) is 20.9. The molecule has 0 aliphatic carbocycles. The molecule has 11 heteroatoms. The van der Waals surface area contributed by atoms with E-state index in [1.165, 1.54) is 0 Å². The zero-order chi connectivity index (χ0) is 33.3. The maximum Gasteiger partial charge on any atom is 0.416 e. The summed E-state index contributed by atoms with van der Waals surface area (Å²) in [5, 5.41) is 7.70. The summed E-state index contributed by atoms with van der Waals surface area (Å²) in [6, 6.07) is 9.43. The van der Waals surface area contributed by atoms with Gasteiger partial charge in [0.25, 0.3) is 0 Å². The standard InChI is InChI=1S/C34H46BrCl2N3O4Si/c1-19(2)45(20(3)4,21(5)6)43-15-13-33-25-17-23(36)18-26(37)28(25)39-29(33)40(31(42)44-32(7,8)9)27-16-22(35)10-11-24(27)34(33)12-14-38-30(34)41/h10-11,16-21,29,39H,12-15H2,1-9H3,(H,38,41)/t29-,33-,34+/m0/s1. The fourth-order valence-corrected chi connectivity index (χ4v) is 15.2. The number of halogens is 3. The van der Waals surface area contributed by atoms with E-state index in [0.29, 0.717) is 64.0 Å². The minimum atomic E-state index is -2.28. The Hall–Kier alpha value is -1.78. The fourth-order valence-electron chi connectivity index (χ4n) is 8.87. The first kappa shape index (κ1) is 34.5. The molecule has 45 heavy (non-hydrogen) atoms. The van der Waals surface area contributed by atoms with Crippen LogP contribution in [0.1, 0.15) is 86.3 Å². The van der Waals surface area contributed by atoms with Crippen LogP contribution in [0.4, 0.5) is 16.2 Å². The molecule has 246 valence electrons. The number of benzene rings is 2. The first-order valence-electron chi connectivity index (χ1n) is 15.9. The number of hydrogen-bond donors (Lipinski definition) is 2. The highest BCUT2D eigenvalue weighted by atomic mass is 79.9. The van der Waals surface area contributed by atoms with Crippen LogP contribution in [0, 0.1) is 0 Å². The Kier molecular flexibility index (Phi) is 9.23. The summed E-state index contributed by atoms with van der Waals surface area (Å²) < 4.78 is 14.0. The van der Waals surface area contributed by atoms with E-state index in [1.807, 2.05) is 45.0 Å². The van der Waals surface area contributed by atoms with E-state index < -0.39 is 37.0 Å². The van der Waals surface area contributed by atoms with Crippen LogP contribution < -0.4 is 15.5 Å². The summed E-state index contributed by atoms with van der Waals surface area (Å²) in [5.41, 5.74) is 1.26. The molecule has 0 bridgehead atoms. The highest BCUT2D eigenvalue weighted by Gasteiger charge is 2.71. The molecule has 1 saturated heterocycles. The van der Waals surface area contributed by atoms with Crippen LogP contribution in [0.5, 0.6) is 0 Å². The van der Waals surface area contributed by atoms with Crippen LogP contribution in [0.25, 0.3) is 0 Å². The summed E-state index contributed by atoms with van der Waals surface area (Å²) >= 11 is 17.3. The molecule has 3 aliphatic heterocycles. The van der Waals surface area contributed by atoms with E-state index in [-0.39, 0.29) is 5.91 Å². The highest BCUT2D eigenvalue weighted by Crippen LogP contribution is 2.65. The van der Waals surface area contributed by atoms with Crippen molar-refractivity contribution in [2.45, 2.75) is 114 Å². The molecule has 3 atom stereocenters. The van der Waals surface area contributed by atoms with E-state index >= 15 is 0 Å². The predicted octanol–water partition coefficient (Wildman–Crippen LogP) is 9.54. The Morgan fingerprint density at radius 3 is 2.27 bits per heavy atom. The van der Waals surface area contributed by atoms with Crippen LogP contribution in [0.2, 0.25) is 26.7 Å². The third kappa shape index (κ3) is 5.23. The van der Waals surface area contributed by atoms with Crippen molar-refractivity contribution in [1.29, 1.82) is 0 Å². The van der Waals surface area contributed by atoms with Crippen molar-refractivity contribution >= 4 is 70.8 Å². The van der Waals surface area contributed by atoms with Gasteiger partial charge in [0.05, 0.1) is 27.2 Å². The predicted molar refractivity (Wildman–Crippen MR) is 189 cm³/mol. The van der Waals surface area contributed by atoms with E-state index in [1.54, 1.807) is 11.0 Å². The van der Waals surface area contributed by atoms with Gasteiger partial charge in [0.1, 0.15) is 11.8 Å². The maximum absolute atomic E-state index is 14.5. The van der Waals surface area contributed by atoms with Gasteiger partial charge < -0.3 is 19.8 Å². The zero-order valence-corrected chi connectivity index (χ0v) is 31.8. The Bertz CT molecular complexity index is 1490. The lowest BCUT2D eigenvalue weighted by molar-refractivity contribution is -0.127. The second-order valence-corrected chi connectivity index (χ2v) is 21.9. The van der Waals surface area contributed by atoms with Gasteiger partial charge in [-0.15, -0.1) is 0 Å². The quantitative estimate of drug-likeness (QED) is 0.277. The van der Waals surface area contributed by atoms with Gasteiger partial charge in [-0.1, -0.05) is 86.7 Å². The molecule has 0 radical (unpaired) electrons. The smallest absolute Gasteiger partial charge is 0.416 e. The average molecular weight is 740 g/mol. The Balaban J connectivity index is 1.80. The fraction of sp³-hybridized carbons (Fsp3) is 0.588. The number of carbonyl (C=O) groups excluding carboxylic acids is 2. The van der Waals surface area contributed by atoms with Crippen molar-refractivity contribution in [3.63, 3.8) is 0 Å². The van der Waals surface area contributed by atoms with Crippen molar-refractivity contribution < 1.29 is 18.8 Å². The van der Waals surface area contributed by atoms with Gasteiger partial charge in [0.2, 0.25) is 5.91 Å². The number of fused-ring (bicyclic) bond motifs is 6. The van der Waals surface area contributed by atoms with E-state index in [0.717, 1.165) is 15.6 Å². The summed E-state index contributed by atoms with van der Waals surface area (Å²) in [6.45, 7) is 20.1. The lowest BCUT2D eigenvalue weighted by Gasteiger charge is -2.56. The highest BCUT2D eigenvalue weighted by molar-refractivity contribution is 9.10. The second-order valence-electron chi connectivity index (χ2n) is 14.7. The summed E-state index contributed by atoms with van der Waals surface area (Å²) in [7, 11) is -2.28. The molecular formula is C34H46BrCl2N3O4Si. The number of rotatable bonds is 7. The van der Waals surface area contributed by atoms with Gasteiger partial charge in [-0.25, -0.2) is 4.79 Å². The molecule has 0 saturated carbocycles. The number of ether oxygens (including phenoxy) is 1. The molecule has 1 spiro atoms. The number of hydrogen-bond acceptors (Lipinski definition) is 5. The molecule has 2 aromatic rings. The van der Waals surface area contributed by atoms with Crippen molar-refractivity contribution in [1.82, 2.24) is 5.32 Å². The van der Waals surface area contributed by atoms with Gasteiger partial charge >= 0.3 is 6.09 Å². The number of anilines is 2. The zero-order valence-electron chi connectivity index (χ0n) is 27.7. The van der Waals surface area contributed by atoms with Crippen LogP contribution in [-0.4, -0.2) is 45.2 Å². The molecule has 0 aromatic heterocycles. The minimum absolute atomic E-state index is 0.0780. The molecule has 5 rings (SSSR count). The Morgan fingerprint density at radius 1 is 1.07 bits per heavy atom. The molecule has 2 N–H and O–H groups in total. The van der Waals surface area contributed by atoms with Gasteiger partial charge in [-0.05, 0) is 85.6 Å². The SMILES string of the molecule is CC(C)[Si](OCC[C@]12c3cc(Cl)cc(Cl)c3N[C@H]1N(C(=O)OC(C)(C)C)c1cc(Br)ccc1[C@@]21CCNC1=O)(C(C)C)C(C)C. The molecular weight excluding hydrogens is 693 g/mol. The number of nitrogens with zero attached hydrogens (tertiary/aromatic N) is 1. The van der Waals surface area contributed by atoms with Crippen LogP contribution in [-0.2, 0) is 24.8 Å². The Labute approximate surface area is 287 Å². The number of nitrogens with one attached hydrogen (secondary N) is 2. The molecule has 3 aliphatic rings. The molecule has 1 fully saturated rings. The van der Waals surface area contributed by atoms with E-state index in [9.17, 15) is 9.59 Å². The van der Waals surface area contributed by atoms with E-state index in [2.05, 4.69) is 68.1 Å². The molecule has 0 unspecified atom stereocenters. The number of amides is 2. The first-order valence-corrected chi connectivity index (χ1v) is 19.6. The van der Waals surface area contributed by atoms with Gasteiger partial charge in [-0.2, -0.15) is 0 Å². The minimum Gasteiger partial charge on any atom is -0.443 e. The van der Waals surface area contributed by atoms with Crippen LogP contribution in [0.15, 0.2) is 34.8 Å². The Morgan fingerprint density at radius 2 is 1.71 bits per heavy atom. The van der Waals surface area contributed by atoms with Crippen molar-refractivity contribution in [2.75, 3.05) is 23.4 Å². The maximum atomic E-state index is 14.5. The second kappa shape index (κ2) is 12.0. The molecule has 2 aromatic carbocycles. The third-order valence-electron chi connectivity index (χ3n) is 10.3. The summed E-state index contributed by atoms with van der Waals surface area (Å²) in [4.78, 5) is 30.5. The monoisotopic (exact) mass is 737 g/mol. The topological polar surface area (TPSA) is 79.9 Å². The van der Waals surface area contributed by atoms with Crippen molar-refractivity contribution in [3.05, 3.63) is 56.0 Å². The van der Waals surface area contributed by atoms with Gasteiger partial charge in [0.15, 0.2) is 8.32 Å². The normalized spacial score (nSPS) is 24.2. The third-order valence-corrected chi connectivity index (χ3v) is 17.4. The molecule has 3 heterocycles. The number of carbonyl (C=O) groups is 2. The van der Waals surface area contributed by atoms with Crippen LogP contribution in [0.3, 0.4) is 0 Å². The van der Waals surface area contributed by atoms with Gasteiger partial charge in [-0.3, -0.25) is 9.69 Å². The van der Waals surface area contributed by atoms with Crippen molar-refractivity contribution in [2.24, 2.45) is 0 Å². The van der Waals surface area contributed by atoms with Gasteiger partial charge in [0, 0.05) is 22.6 Å². The van der Waals surface area contributed by atoms with Crippen molar-refractivity contribution in [3.8, 4) is 0 Å². The molecule has 7 nitrogen and oxygen atoms in total. The van der Waals surface area contributed by atoms with Crippen LogP contribution >= 0.6 is 39.1 Å². The lowest BCUT2D eigenvalue weighted by Crippen LogP contribution is -2.69. The largest absolute Gasteiger partial charge is 0.443 e. The lowest BCUT2D eigenvalue weighted by atomic mass is 9.52. The van der Waals surface area contributed by atoms with E-state index in [4.69, 9.17) is 32.4 Å². The molecule has 2 amide bonds. The average Bonchev–Trinajstić information content (AvgIpc) is 3.44. The summed E-state index contributed by atoms with van der Waals surface area (Å²) in [5.74, 6) is -0.0780.